The monoisotopic (exact) mass is 441 g/mol. The summed E-state index contributed by atoms with van der Waals surface area (Å²) in [6.07, 6.45) is 4.10. The van der Waals surface area contributed by atoms with E-state index in [4.69, 9.17) is 4.99 Å². The minimum Gasteiger partial charge on any atom is -0.317 e. The van der Waals surface area contributed by atoms with Crippen LogP contribution in [0.25, 0.3) is 11.3 Å². The number of aromatic nitrogens is 1. The summed E-state index contributed by atoms with van der Waals surface area (Å²) < 4.78 is 29.9. The molecule has 1 aromatic heterocycles. The van der Waals surface area contributed by atoms with Crippen molar-refractivity contribution in [3.8, 4) is 11.3 Å². The van der Waals surface area contributed by atoms with E-state index in [1.54, 1.807) is 27.8 Å². The zero-order valence-electron chi connectivity index (χ0n) is 17.2. The molecule has 0 amide bonds. The fourth-order valence-corrected chi connectivity index (χ4v) is 6.31. The lowest BCUT2D eigenvalue weighted by atomic mass is 10.2. The number of thiazole rings is 1. The molecule has 0 radical (unpaired) electrons. The molecule has 1 aliphatic heterocycles. The van der Waals surface area contributed by atoms with Crippen molar-refractivity contribution in [1.29, 1.82) is 0 Å². The van der Waals surface area contributed by atoms with Crippen LogP contribution >= 0.6 is 11.3 Å². The summed E-state index contributed by atoms with van der Waals surface area (Å²) in [5, 5.41) is 2.09. The average molecular weight is 442 g/mol. The Kier molecular flexibility index (Phi) is 6.51. The summed E-state index contributed by atoms with van der Waals surface area (Å²) >= 11 is 1.60. The van der Waals surface area contributed by atoms with Gasteiger partial charge in [-0.3, -0.25) is 0 Å². The molecule has 3 aromatic rings. The van der Waals surface area contributed by atoms with Gasteiger partial charge in [0, 0.05) is 25.0 Å². The van der Waals surface area contributed by atoms with Gasteiger partial charge in [-0.2, -0.15) is 4.31 Å². The van der Waals surface area contributed by atoms with Gasteiger partial charge in [0.15, 0.2) is 4.80 Å². The minimum atomic E-state index is -3.42. The largest absolute Gasteiger partial charge is 0.317 e. The highest BCUT2D eigenvalue weighted by molar-refractivity contribution is 7.89. The van der Waals surface area contributed by atoms with Crippen LogP contribution in [0.3, 0.4) is 0 Å². The molecular formula is C23H27N3O2S2. The van der Waals surface area contributed by atoms with E-state index in [0.29, 0.717) is 18.0 Å². The molecule has 0 aliphatic carbocycles. The number of hydrogen-bond donors (Lipinski definition) is 0. The second-order valence-electron chi connectivity index (χ2n) is 7.44. The van der Waals surface area contributed by atoms with E-state index in [9.17, 15) is 8.42 Å². The van der Waals surface area contributed by atoms with Gasteiger partial charge in [-0.1, -0.05) is 43.2 Å². The van der Waals surface area contributed by atoms with E-state index in [-0.39, 0.29) is 0 Å². The maximum absolute atomic E-state index is 13.0. The summed E-state index contributed by atoms with van der Waals surface area (Å²) in [6, 6.07) is 17.2. The van der Waals surface area contributed by atoms with Crippen LogP contribution in [0.4, 0.5) is 5.69 Å². The van der Waals surface area contributed by atoms with Crippen LogP contribution in [-0.4, -0.2) is 30.4 Å². The number of benzene rings is 2. The van der Waals surface area contributed by atoms with Crippen molar-refractivity contribution in [1.82, 2.24) is 8.87 Å². The molecule has 1 fully saturated rings. The van der Waals surface area contributed by atoms with Gasteiger partial charge in [0.2, 0.25) is 10.0 Å². The van der Waals surface area contributed by atoms with Gasteiger partial charge in [0.05, 0.1) is 16.3 Å². The zero-order valence-corrected chi connectivity index (χ0v) is 18.8. The Hall–Kier alpha value is -2.22. The van der Waals surface area contributed by atoms with E-state index in [1.807, 2.05) is 42.5 Å². The third-order valence-electron chi connectivity index (χ3n) is 5.45. The van der Waals surface area contributed by atoms with Gasteiger partial charge in [-0.05, 0) is 49.6 Å². The normalized spacial score (nSPS) is 16.5. The van der Waals surface area contributed by atoms with Gasteiger partial charge >= 0.3 is 0 Å². The molecule has 2 aromatic carbocycles. The quantitative estimate of drug-likeness (QED) is 0.557. The van der Waals surface area contributed by atoms with Crippen molar-refractivity contribution in [2.45, 2.75) is 44.0 Å². The molecule has 0 saturated carbocycles. The molecule has 7 heteroatoms. The van der Waals surface area contributed by atoms with E-state index in [1.165, 1.54) is 0 Å². The summed E-state index contributed by atoms with van der Waals surface area (Å²) in [7, 11) is -3.42. The molecule has 2 heterocycles. The van der Waals surface area contributed by atoms with Crippen molar-refractivity contribution in [2.24, 2.45) is 4.99 Å². The van der Waals surface area contributed by atoms with Crippen molar-refractivity contribution in [3.63, 3.8) is 0 Å². The van der Waals surface area contributed by atoms with Crippen LogP contribution in [0.2, 0.25) is 0 Å². The minimum absolute atomic E-state index is 0.376. The van der Waals surface area contributed by atoms with Gasteiger partial charge in [-0.25, -0.2) is 13.4 Å². The molecular weight excluding hydrogens is 414 g/mol. The van der Waals surface area contributed by atoms with Crippen LogP contribution in [0.15, 0.2) is 69.9 Å². The average Bonchev–Trinajstić information content (AvgIpc) is 2.97. The molecule has 1 saturated heterocycles. The third kappa shape index (κ3) is 4.43. The number of nitrogens with zero attached hydrogens (tertiary/aromatic N) is 3. The Bertz CT molecular complexity index is 1140. The smallest absolute Gasteiger partial charge is 0.243 e. The van der Waals surface area contributed by atoms with Crippen molar-refractivity contribution < 1.29 is 8.42 Å². The molecule has 0 N–H and O–H groups in total. The maximum Gasteiger partial charge on any atom is 0.243 e. The maximum atomic E-state index is 13.0. The van der Waals surface area contributed by atoms with Crippen LogP contribution in [0.5, 0.6) is 0 Å². The predicted octanol–water partition coefficient (Wildman–Crippen LogP) is 5.03. The Morgan fingerprint density at radius 1 is 0.933 bits per heavy atom. The van der Waals surface area contributed by atoms with Crippen molar-refractivity contribution in [2.75, 3.05) is 13.1 Å². The van der Waals surface area contributed by atoms with Crippen LogP contribution < -0.4 is 4.80 Å². The fourth-order valence-electron chi connectivity index (χ4n) is 3.80. The third-order valence-corrected chi connectivity index (χ3v) is 8.22. The molecule has 4 rings (SSSR count). The molecule has 1 aliphatic rings. The summed E-state index contributed by atoms with van der Waals surface area (Å²) in [5.41, 5.74) is 2.97. The highest BCUT2D eigenvalue weighted by Crippen LogP contribution is 2.25. The molecule has 0 unspecified atom stereocenters. The van der Waals surface area contributed by atoms with E-state index >= 15 is 0 Å². The summed E-state index contributed by atoms with van der Waals surface area (Å²) in [4.78, 5) is 6.07. The molecule has 0 atom stereocenters. The number of para-hydroxylation sites is 1. The van der Waals surface area contributed by atoms with Crippen LogP contribution in [0, 0.1) is 0 Å². The lowest BCUT2D eigenvalue weighted by Gasteiger charge is -2.20. The van der Waals surface area contributed by atoms with Gasteiger partial charge in [0.1, 0.15) is 0 Å². The Morgan fingerprint density at radius 3 is 2.23 bits per heavy atom. The molecule has 5 nitrogen and oxygen atoms in total. The van der Waals surface area contributed by atoms with E-state index in [0.717, 1.165) is 54.0 Å². The zero-order chi connectivity index (χ0) is 21.0. The standard InChI is InChI=1S/C23H27N3O2S2/c1-2-26-22(18-29-23(26)24-20-10-6-5-7-11-20)19-12-14-21(15-13-19)30(27,28)25-16-8-3-4-9-17-25/h5-7,10-15,18H,2-4,8-9,16-17H2,1H3. The predicted molar refractivity (Wildman–Crippen MR) is 122 cm³/mol. The molecule has 30 heavy (non-hydrogen) atoms. The van der Waals surface area contributed by atoms with Gasteiger partial charge in [-0.15, -0.1) is 11.3 Å². The molecule has 0 bridgehead atoms. The topological polar surface area (TPSA) is 54.7 Å². The first-order chi connectivity index (χ1) is 14.6. The number of hydrogen-bond acceptors (Lipinski definition) is 4. The highest BCUT2D eigenvalue weighted by Gasteiger charge is 2.25. The first kappa shape index (κ1) is 21.0. The van der Waals surface area contributed by atoms with Crippen LogP contribution in [0.1, 0.15) is 32.6 Å². The first-order valence-electron chi connectivity index (χ1n) is 10.5. The second-order valence-corrected chi connectivity index (χ2v) is 10.2. The first-order valence-corrected chi connectivity index (χ1v) is 12.8. The van der Waals surface area contributed by atoms with Crippen molar-refractivity contribution >= 4 is 27.0 Å². The molecule has 0 spiro atoms. The number of sulfonamides is 1. The Labute approximate surface area is 182 Å². The Balaban J connectivity index is 1.64. The van der Waals surface area contributed by atoms with Gasteiger partial charge in [0.25, 0.3) is 0 Å². The second kappa shape index (κ2) is 9.29. The Morgan fingerprint density at radius 2 is 1.60 bits per heavy atom. The molecule has 158 valence electrons. The summed E-state index contributed by atoms with van der Waals surface area (Å²) in [5.74, 6) is 0. The lowest BCUT2D eigenvalue weighted by Crippen LogP contribution is -2.31. The highest BCUT2D eigenvalue weighted by atomic mass is 32.2. The fraction of sp³-hybridized carbons (Fsp3) is 0.348. The lowest BCUT2D eigenvalue weighted by molar-refractivity contribution is 0.424. The summed E-state index contributed by atoms with van der Waals surface area (Å²) in [6.45, 7) is 4.13. The van der Waals surface area contributed by atoms with Crippen molar-refractivity contribution in [3.05, 3.63) is 64.8 Å². The van der Waals surface area contributed by atoms with E-state index in [2.05, 4.69) is 16.9 Å². The van der Waals surface area contributed by atoms with Gasteiger partial charge < -0.3 is 4.57 Å². The van der Waals surface area contributed by atoms with Crippen LogP contribution in [-0.2, 0) is 16.6 Å². The number of rotatable bonds is 5. The SMILES string of the molecule is CCn1c(-c2ccc(S(=O)(=O)N3CCCCCC3)cc2)csc1=Nc1ccccc1. The van der Waals surface area contributed by atoms with E-state index < -0.39 is 10.0 Å².